The van der Waals surface area contributed by atoms with E-state index in [1.807, 2.05) is 42.9 Å². The number of nitrogens with zero attached hydrogens (tertiary/aromatic N) is 1. The third-order valence-corrected chi connectivity index (χ3v) is 6.06. The van der Waals surface area contributed by atoms with Crippen molar-refractivity contribution in [3.05, 3.63) is 52.2 Å². The molecule has 1 atom stereocenters. The van der Waals surface area contributed by atoms with E-state index in [0.29, 0.717) is 11.4 Å². The molecule has 114 valence electrons. The molecule has 0 aliphatic heterocycles. The number of hydrogen-bond acceptors (Lipinski definition) is 4. The van der Waals surface area contributed by atoms with E-state index in [2.05, 4.69) is 5.32 Å². The summed E-state index contributed by atoms with van der Waals surface area (Å²) in [5.74, 6) is 0. The van der Waals surface area contributed by atoms with Crippen molar-refractivity contribution in [2.75, 3.05) is 14.1 Å². The van der Waals surface area contributed by atoms with E-state index in [-0.39, 0.29) is 6.04 Å². The Morgan fingerprint density at radius 3 is 2.43 bits per heavy atom. The van der Waals surface area contributed by atoms with Gasteiger partial charge in [0.2, 0.25) is 10.0 Å². The molecule has 0 radical (unpaired) electrons. The van der Waals surface area contributed by atoms with Gasteiger partial charge in [-0.3, -0.25) is 0 Å². The lowest BCUT2D eigenvalue weighted by Crippen LogP contribution is -2.26. The molecular weight excluding hydrogens is 304 g/mol. The van der Waals surface area contributed by atoms with Gasteiger partial charge in [-0.05, 0) is 54.1 Å². The van der Waals surface area contributed by atoms with Crippen LogP contribution in [0.1, 0.15) is 24.1 Å². The number of benzene rings is 1. The van der Waals surface area contributed by atoms with Gasteiger partial charge >= 0.3 is 0 Å². The fourth-order valence-corrected chi connectivity index (χ4v) is 3.82. The predicted octanol–water partition coefficient (Wildman–Crippen LogP) is 2.85. The minimum Gasteiger partial charge on any atom is -0.313 e. The van der Waals surface area contributed by atoms with E-state index < -0.39 is 10.0 Å². The topological polar surface area (TPSA) is 49.4 Å². The fraction of sp³-hybridized carbons (Fsp3) is 0.333. The van der Waals surface area contributed by atoms with Crippen LogP contribution in [0.3, 0.4) is 0 Å². The van der Waals surface area contributed by atoms with Crippen molar-refractivity contribution in [2.24, 2.45) is 0 Å². The van der Waals surface area contributed by atoms with Crippen molar-refractivity contribution in [1.82, 2.24) is 9.62 Å². The van der Waals surface area contributed by atoms with Gasteiger partial charge in [0, 0.05) is 19.6 Å². The zero-order valence-corrected chi connectivity index (χ0v) is 14.0. The summed E-state index contributed by atoms with van der Waals surface area (Å²) in [4.78, 5) is 0.326. The zero-order chi connectivity index (χ0) is 15.5. The first-order valence-corrected chi connectivity index (χ1v) is 9.08. The Balaban J connectivity index is 2.18. The van der Waals surface area contributed by atoms with E-state index in [1.54, 1.807) is 30.5 Å². The van der Waals surface area contributed by atoms with Gasteiger partial charge in [-0.15, -0.1) is 0 Å². The largest absolute Gasteiger partial charge is 0.313 e. The van der Waals surface area contributed by atoms with Crippen molar-refractivity contribution in [1.29, 1.82) is 0 Å². The highest BCUT2D eigenvalue weighted by atomic mass is 32.2. The van der Waals surface area contributed by atoms with Gasteiger partial charge in [0.1, 0.15) is 0 Å². The Morgan fingerprint density at radius 2 is 1.90 bits per heavy atom. The molecule has 21 heavy (non-hydrogen) atoms. The summed E-state index contributed by atoms with van der Waals surface area (Å²) in [7, 11) is 0.0405. The van der Waals surface area contributed by atoms with Crippen LogP contribution in [0.5, 0.6) is 0 Å². The van der Waals surface area contributed by atoms with Crippen molar-refractivity contribution >= 4 is 21.4 Å². The molecular formula is C15H20N2O2S2. The maximum atomic E-state index is 12.5. The Bertz CT molecular complexity index is 664. The van der Waals surface area contributed by atoms with Crippen LogP contribution in [-0.2, 0) is 16.6 Å². The predicted molar refractivity (Wildman–Crippen MR) is 86.9 cm³/mol. The van der Waals surface area contributed by atoms with Gasteiger partial charge in [0.25, 0.3) is 0 Å². The number of hydrogen-bond donors (Lipinski definition) is 1. The third-order valence-electron chi connectivity index (χ3n) is 3.51. The minimum atomic E-state index is -3.45. The molecule has 1 aromatic carbocycles. The highest BCUT2D eigenvalue weighted by Gasteiger charge is 2.21. The van der Waals surface area contributed by atoms with E-state index >= 15 is 0 Å². The van der Waals surface area contributed by atoms with Crippen LogP contribution < -0.4 is 5.32 Å². The number of sulfonamides is 1. The van der Waals surface area contributed by atoms with E-state index in [4.69, 9.17) is 0 Å². The van der Waals surface area contributed by atoms with Crippen LogP contribution in [0.4, 0.5) is 0 Å². The monoisotopic (exact) mass is 324 g/mol. The molecule has 1 heterocycles. The molecule has 2 aromatic rings. The number of thiophene rings is 1. The second-order valence-electron chi connectivity index (χ2n) is 4.97. The molecule has 6 heteroatoms. The van der Waals surface area contributed by atoms with E-state index in [0.717, 1.165) is 11.1 Å². The Kier molecular flexibility index (Phi) is 5.16. The van der Waals surface area contributed by atoms with Gasteiger partial charge in [-0.2, -0.15) is 15.6 Å². The maximum absolute atomic E-state index is 12.5. The van der Waals surface area contributed by atoms with Crippen LogP contribution in [0.2, 0.25) is 0 Å². The summed E-state index contributed by atoms with van der Waals surface area (Å²) in [6.45, 7) is 2.42. The van der Waals surface area contributed by atoms with Gasteiger partial charge in [-0.1, -0.05) is 12.1 Å². The third kappa shape index (κ3) is 3.71. The van der Waals surface area contributed by atoms with Crippen LogP contribution in [-0.4, -0.2) is 26.8 Å². The molecule has 4 nitrogen and oxygen atoms in total. The van der Waals surface area contributed by atoms with Gasteiger partial charge in [0.15, 0.2) is 0 Å². The first-order valence-electron chi connectivity index (χ1n) is 6.70. The van der Waals surface area contributed by atoms with Gasteiger partial charge in [-0.25, -0.2) is 8.42 Å². The Morgan fingerprint density at radius 1 is 1.24 bits per heavy atom. The highest BCUT2D eigenvalue weighted by molar-refractivity contribution is 7.89. The quantitative estimate of drug-likeness (QED) is 0.889. The average molecular weight is 324 g/mol. The molecule has 0 saturated carbocycles. The lowest BCUT2D eigenvalue weighted by Gasteiger charge is -2.17. The molecule has 1 aromatic heterocycles. The molecule has 1 N–H and O–H groups in total. The SMILES string of the molecule is CNC(C)c1ccc(S(=O)(=O)N(C)Cc2ccsc2)cc1. The molecule has 1 unspecified atom stereocenters. The Hall–Kier alpha value is -1.21. The van der Waals surface area contributed by atoms with Crippen molar-refractivity contribution in [3.8, 4) is 0 Å². The lowest BCUT2D eigenvalue weighted by molar-refractivity contribution is 0.467. The maximum Gasteiger partial charge on any atom is 0.243 e. The molecule has 2 rings (SSSR count). The average Bonchev–Trinajstić information content (AvgIpc) is 2.99. The minimum absolute atomic E-state index is 0.199. The molecule has 0 fully saturated rings. The Labute approximate surface area is 130 Å². The van der Waals surface area contributed by atoms with Crippen molar-refractivity contribution < 1.29 is 8.42 Å². The van der Waals surface area contributed by atoms with E-state index in [9.17, 15) is 8.42 Å². The molecule has 0 aliphatic rings. The number of nitrogens with one attached hydrogen (secondary N) is 1. The molecule has 0 spiro atoms. The first-order chi connectivity index (χ1) is 9.95. The smallest absolute Gasteiger partial charge is 0.243 e. The summed E-state index contributed by atoms with van der Waals surface area (Å²) in [6, 6.07) is 9.18. The first kappa shape index (κ1) is 16.2. The zero-order valence-electron chi connectivity index (χ0n) is 12.4. The lowest BCUT2D eigenvalue weighted by atomic mass is 10.1. The summed E-state index contributed by atoms with van der Waals surface area (Å²) >= 11 is 1.57. The van der Waals surface area contributed by atoms with Crippen molar-refractivity contribution in [3.63, 3.8) is 0 Å². The molecule has 0 aliphatic carbocycles. The van der Waals surface area contributed by atoms with Crippen LogP contribution in [0.25, 0.3) is 0 Å². The standard InChI is InChI=1S/C15H20N2O2S2/c1-12(16-2)14-4-6-15(7-5-14)21(18,19)17(3)10-13-8-9-20-11-13/h4-9,11-12,16H,10H2,1-3H3. The summed E-state index contributed by atoms with van der Waals surface area (Å²) in [6.07, 6.45) is 0. The molecule has 0 amide bonds. The van der Waals surface area contributed by atoms with Crippen LogP contribution in [0, 0.1) is 0 Å². The summed E-state index contributed by atoms with van der Waals surface area (Å²) < 4.78 is 26.4. The van der Waals surface area contributed by atoms with E-state index in [1.165, 1.54) is 4.31 Å². The fourth-order valence-electron chi connectivity index (χ4n) is 2.00. The van der Waals surface area contributed by atoms with Crippen molar-refractivity contribution in [2.45, 2.75) is 24.4 Å². The second-order valence-corrected chi connectivity index (χ2v) is 7.80. The summed E-state index contributed by atoms with van der Waals surface area (Å²) in [5, 5.41) is 7.04. The van der Waals surface area contributed by atoms with Gasteiger partial charge < -0.3 is 5.32 Å². The second kappa shape index (κ2) is 6.70. The van der Waals surface area contributed by atoms with Gasteiger partial charge in [0.05, 0.1) is 4.90 Å². The normalized spacial score (nSPS) is 13.5. The molecule has 0 bridgehead atoms. The number of rotatable bonds is 6. The highest BCUT2D eigenvalue weighted by Crippen LogP contribution is 2.20. The molecule has 0 saturated heterocycles. The van der Waals surface area contributed by atoms with Crippen LogP contribution >= 0.6 is 11.3 Å². The van der Waals surface area contributed by atoms with Crippen LogP contribution in [0.15, 0.2) is 46.0 Å². The summed E-state index contributed by atoms with van der Waals surface area (Å²) in [5.41, 5.74) is 2.07.